The normalized spacial score (nSPS) is 31.9. The number of thiophene rings is 1. The van der Waals surface area contributed by atoms with Crippen LogP contribution in [-0.2, 0) is 4.74 Å². The summed E-state index contributed by atoms with van der Waals surface area (Å²) in [5.41, 5.74) is 0. The molecule has 5 heteroatoms. The Morgan fingerprint density at radius 3 is 3.12 bits per heavy atom. The van der Waals surface area contributed by atoms with Gasteiger partial charge in [-0.2, -0.15) is 0 Å². The number of amides is 1. The van der Waals surface area contributed by atoms with Gasteiger partial charge >= 0.3 is 0 Å². The minimum Gasteiger partial charge on any atom is -0.378 e. The van der Waals surface area contributed by atoms with Crippen LogP contribution < -0.4 is 5.32 Å². The molecule has 1 saturated heterocycles. The molecule has 1 amide bonds. The lowest BCUT2D eigenvalue weighted by Crippen LogP contribution is -2.53. The highest BCUT2D eigenvalue weighted by atomic mass is 35.5. The van der Waals surface area contributed by atoms with E-state index in [2.05, 4.69) is 5.32 Å². The molecular formula is C11H12ClNO2S. The van der Waals surface area contributed by atoms with E-state index in [0.29, 0.717) is 27.3 Å². The second kappa shape index (κ2) is 4.02. The summed E-state index contributed by atoms with van der Waals surface area (Å²) in [6, 6.07) is 3.81. The standard InChI is InChI=1S/C11H12ClNO2S/c12-10-2-1-9(16-10)11(14)13-7-5-8-6(7)3-4-15-8/h1-2,6-8H,3-5H2,(H,13,14)/t6-,7+,8+/m1/s1. The Balaban J connectivity index is 1.61. The van der Waals surface area contributed by atoms with Gasteiger partial charge in [0.05, 0.1) is 15.3 Å². The summed E-state index contributed by atoms with van der Waals surface area (Å²) in [6.07, 6.45) is 2.41. The number of ether oxygens (including phenoxy) is 1. The monoisotopic (exact) mass is 257 g/mol. The third kappa shape index (κ3) is 1.75. The molecule has 0 radical (unpaired) electrons. The van der Waals surface area contributed by atoms with Crippen molar-refractivity contribution in [2.45, 2.75) is 25.0 Å². The molecule has 1 N–H and O–H groups in total. The van der Waals surface area contributed by atoms with Gasteiger partial charge in [0.15, 0.2) is 0 Å². The molecule has 0 bridgehead atoms. The fraction of sp³-hybridized carbons (Fsp3) is 0.545. The van der Waals surface area contributed by atoms with Gasteiger partial charge in [0.1, 0.15) is 0 Å². The first-order chi connectivity index (χ1) is 7.74. The molecule has 0 spiro atoms. The van der Waals surface area contributed by atoms with Crippen LogP contribution in [0.1, 0.15) is 22.5 Å². The third-order valence-corrected chi connectivity index (χ3v) is 4.61. The first-order valence-electron chi connectivity index (χ1n) is 5.42. The van der Waals surface area contributed by atoms with Crippen LogP contribution in [0.5, 0.6) is 0 Å². The molecule has 2 fully saturated rings. The molecule has 86 valence electrons. The maximum atomic E-state index is 11.8. The van der Waals surface area contributed by atoms with Crippen molar-refractivity contribution in [1.29, 1.82) is 0 Å². The number of carbonyl (C=O) groups is 1. The number of halogens is 1. The van der Waals surface area contributed by atoms with Crippen molar-refractivity contribution in [3.63, 3.8) is 0 Å². The fourth-order valence-corrected chi connectivity index (χ4v) is 3.39. The minimum absolute atomic E-state index is 0.00718. The number of carbonyl (C=O) groups excluding carboxylic acids is 1. The summed E-state index contributed by atoms with van der Waals surface area (Å²) >= 11 is 7.12. The van der Waals surface area contributed by atoms with Crippen molar-refractivity contribution < 1.29 is 9.53 Å². The average Bonchev–Trinajstić information content (AvgIpc) is 2.81. The summed E-state index contributed by atoms with van der Waals surface area (Å²) in [4.78, 5) is 12.5. The SMILES string of the molecule is O=C(N[C@H]1C[C@@H]2OCC[C@H]12)c1ccc(Cl)s1. The van der Waals surface area contributed by atoms with Crippen LogP contribution >= 0.6 is 22.9 Å². The van der Waals surface area contributed by atoms with Gasteiger partial charge in [-0.1, -0.05) is 11.6 Å². The first-order valence-corrected chi connectivity index (χ1v) is 6.61. The van der Waals surface area contributed by atoms with Crippen LogP contribution in [0, 0.1) is 5.92 Å². The molecule has 3 rings (SSSR count). The molecule has 1 aromatic rings. The summed E-state index contributed by atoms with van der Waals surface area (Å²) in [6.45, 7) is 0.840. The highest BCUT2D eigenvalue weighted by Gasteiger charge is 2.45. The Kier molecular flexibility index (Phi) is 2.65. The first kappa shape index (κ1) is 10.6. The van der Waals surface area contributed by atoms with Crippen LogP contribution in [0.2, 0.25) is 4.34 Å². The topological polar surface area (TPSA) is 38.3 Å². The van der Waals surface area contributed by atoms with E-state index >= 15 is 0 Å². The van der Waals surface area contributed by atoms with Crippen molar-refractivity contribution in [2.24, 2.45) is 5.92 Å². The van der Waals surface area contributed by atoms with E-state index in [1.807, 2.05) is 0 Å². The van der Waals surface area contributed by atoms with E-state index in [0.717, 1.165) is 19.4 Å². The van der Waals surface area contributed by atoms with E-state index in [-0.39, 0.29) is 5.91 Å². The highest BCUT2D eigenvalue weighted by Crippen LogP contribution is 2.38. The van der Waals surface area contributed by atoms with Crippen molar-refractivity contribution >= 4 is 28.8 Å². The predicted octanol–water partition coefficient (Wildman–Crippen LogP) is 2.31. The van der Waals surface area contributed by atoms with E-state index in [9.17, 15) is 4.79 Å². The molecule has 1 aromatic heterocycles. The maximum Gasteiger partial charge on any atom is 0.261 e. The van der Waals surface area contributed by atoms with Gasteiger partial charge in [0, 0.05) is 18.6 Å². The smallest absolute Gasteiger partial charge is 0.261 e. The third-order valence-electron chi connectivity index (χ3n) is 3.38. The molecule has 2 aliphatic rings. The Morgan fingerprint density at radius 1 is 1.56 bits per heavy atom. The summed E-state index contributed by atoms with van der Waals surface area (Å²) in [5, 5.41) is 3.05. The second-order valence-electron chi connectivity index (χ2n) is 4.28. The van der Waals surface area contributed by atoms with E-state index in [4.69, 9.17) is 16.3 Å². The zero-order chi connectivity index (χ0) is 11.1. The van der Waals surface area contributed by atoms with Crippen LogP contribution in [0.4, 0.5) is 0 Å². The lowest BCUT2D eigenvalue weighted by molar-refractivity contribution is 0.00816. The Hall–Kier alpha value is -0.580. The summed E-state index contributed by atoms with van der Waals surface area (Å²) < 4.78 is 6.16. The Labute approximate surface area is 103 Å². The van der Waals surface area contributed by atoms with Crippen molar-refractivity contribution in [3.05, 3.63) is 21.3 Å². The number of hydrogen-bond acceptors (Lipinski definition) is 3. The zero-order valence-electron chi connectivity index (χ0n) is 8.61. The predicted molar refractivity (Wildman–Crippen MR) is 63.0 cm³/mol. The maximum absolute atomic E-state index is 11.8. The van der Waals surface area contributed by atoms with Crippen LogP contribution in [0.25, 0.3) is 0 Å². The van der Waals surface area contributed by atoms with Gasteiger partial charge in [0.25, 0.3) is 5.91 Å². The lowest BCUT2D eigenvalue weighted by atomic mass is 9.76. The van der Waals surface area contributed by atoms with E-state index in [1.165, 1.54) is 11.3 Å². The Bertz CT molecular complexity index is 420. The zero-order valence-corrected chi connectivity index (χ0v) is 10.2. The second-order valence-corrected chi connectivity index (χ2v) is 6.00. The van der Waals surface area contributed by atoms with Gasteiger partial charge in [-0.05, 0) is 25.0 Å². The van der Waals surface area contributed by atoms with Gasteiger partial charge in [-0.15, -0.1) is 11.3 Å². The fourth-order valence-electron chi connectivity index (χ4n) is 2.44. The molecule has 1 saturated carbocycles. The van der Waals surface area contributed by atoms with Crippen molar-refractivity contribution in [1.82, 2.24) is 5.32 Å². The lowest BCUT2D eigenvalue weighted by Gasteiger charge is -2.39. The Morgan fingerprint density at radius 2 is 2.44 bits per heavy atom. The number of fused-ring (bicyclic) bond motifs is 1. The van der Waals surface area contributed by atoms with E-state index < -0.39 is 0 Å². The van der Waals surface area contributed by atoms with Crippen molar-refractivity contribution in [2.75, 3.05) is 6.61 Å². The van der Waals surface area contributed by atoms with Crippen molar-refractivity contribution in [3.8, 4) is 0 Å². The molecule has 3 atom stereocenters. The summed E-state index contributed by atoms with van der Waals surface area (Å²) in [7, 11) is 0. The molecule has 2 heterocycles. The van der Waals surface area contributed by atoms with Crippen LogP contribution in [-0.4, -0.2) is 24.7 Å². The largest absolute Gasteiger partial charge is 0.378 e. The quantitative estimate of drug-likeness (QED) is 0.883. The molecular weight excluding hydrogens is 246 g/mol. The molecule has 3 nitrogen and oxygen atoms in total. The molecule has 0 aromatic carbocycles. The van der Waals surface area contributed by atoms with Gasteiger partial charge in [-0.25, -0.2) is 0 Å². The molecule has 1 aliphatic heterocycles. The van der Waals surface area contributed by atoms with Crippen LogP contribution in [0.15, 0.2) is 12.1 Å². The summed E-state index contributed by atoms with van der Waals surface area (Å²) in [5.74, 6) is 0.520. The van der Waals surface area contributed by atoms with Gasteiger partial charge in [0.2, 0.25) is 0 Å². The average molecular weight is 258 g/mol. The molecule has 16 heavy (non-hydrogen) atoms. The molecule has 0 unspecified atom stereocenters. The molecule has 1 aliphatic carbocycles. The van der Waals surface area contributed by atoms with Gasteiger partial charge in [-0.3, -0.25) is 4.79 Å². The number of nitrogens with one attached hydrogen (secondary N) is 1. The van der Waals surface area contributed by atoms with Crippen LogP contribution in [0.3, 0.4) is 0 Å². The van der Waals surface area contributed by atoms with E-state index in [1.54, 1.807) is 12.1 Å². The highest BCUT2D eigenvalue weighted by molar-refractivity contribution is 7.17. The number of rotatable bonds is 2. The van der Waals surface area contributed by atoms with Gasteiger partial charge < -0.3 is 10.1 Å². The minimum atomic E-state index is -0.00718. The number of hydrogen-bond donors (Lipinski definition) is 1.